The molecule has 98 valence electrons. The lowest BCUT2D eigenvalue weighted by Gasteiger charge is -2.22. The summed E-state index contributed by atoms with van der Waals surface area (Å²) in [4.78, 5) is 11.9. The van der Waals surface area contributed by atoms with E-state index in [1.807, 2.05) is 0 Å². The number of anilines is 1. The molecule has 0 radical (unpaired) electrons. The SMILES string of the molecule is COc1ccc(NC(=O)[C@@H]2CCCCN2)cc1F. The second kappa shape index (κ2) is 5.82. The number of benzene rings is 1. The summed E-state index contributed by atoms with van der Waals surface area (Å²) >= 11 is 0. The summed E-state index contributed by atoms with van der Waals surface area (Å²) in [5, 5.41) is 5.85. The Morgan fingerprint density at radius 1 is 1.50 bits per heavy atom. The number of hydrogen-bond donors (Lipinski definition) is 2. The van der Waals surface area contributed by atoms with Gasteiger partial charge < -0.3 is 15.4 Å². The lowest BCUT2D eigenvalue weighted by atomic mass is 10.0. The Balaban J connectivity index is 2.00. The molecule has 0 aliphatic carbocycles. The van der Waals surface area contributed by atoms with Crippen LogP contribution in [-0.4, -0.2) is 25.6 Å². The Bertz CT molecular complexity index is 431. The molecule has 18 heavy (non-hydrogen) atoms. The van der Waals surface area contributed by atoms with Crippen LogP contribution in [0, 0.1) is 5.82 Å². The highest BCUT2D eigenvalue weighted by atomic mass is 19.1. The first-order valence-electron chi connectivity index (χ1n) is 6.08. The number of hydrogen-bond acceptors (Lipinski definition) is 3. The van der Waals surface area contributed by atoms with Crippen LogP contribution < -0.4 is 15.4 Å². The Kier molecular flexibility index (Phi) is 4.15. The van der Waals surface area contributed by atoms with Crippen LogP contribution >= 0.6 is 0 Å². The minimum absolute atomic E-state index is 0.112. The van der Waals surface area contributed by atoms with Gasteiger partial charge in [-0.15, -0.1) is 0 Å². The van der Waals surface area contributed by atoms with Gasteiger partial charge in [-0.1, -0.05) is 6.42 Å². The van der Waals surface area contributed by atoms with Crippen LogP contribution in [0.25, 0.3) is 0 Å². The van der Waals surface area contributed by atoms with Crippen LogP contribution in [0.5, 0.6) is 5.75 Å². The molecule has 1 aromatic rings. The topological polar surface area (TPSA) is 50.4 Å². The van der Waals surface area contributed by atoms with Gasteiger partial charge in [0.25, 0.3) is 0 Å². The molecule has 1 saturated heterocycles. The zero-order valence-corrected chi connectivity index (χ0v) is 10.3. The lowest BCUT2D eigenvalue weighted by molar-refractivity contribution is -0.118. The van der Waals surface area contributed by atoms with Gasteiger partial charge >= 0.3 is 0 Å². The van der Waals surface area contributed by atoms with E-state index in [-0.39, 0.29) is 17.7 Å². The molecule has 0 bridgehead atoms. The third kappa shape index (κ3) is 2.98. The molecule has 0 unspecified atom stereocenters. The number of ether oxygens (including phenoxy) is 1. The number of halogens is 1. The standard InChI is InChI=1S/C13H17FN2O2/c1-18-12-6-5-9(8-10(12)14)16-13(17)11-4-2-3-7-15-11/h5-6,8,11,15H,2-4,7H2,1H3,(H,16,17)/t11-/m0/s1. The third-order valence-corrected chi connectivity index (χ3v) is 3.05. The minimum Gasteiger partial charge on any atom is -0.494 e. The maximum Gasteiger partial charge on any atom is 0.241 e. The van der Waals surface area contributed by atoms with Crippen molar-refractivity contribution in [3.63, 3.8) is 0 Å². The van der Waals surface area contributed by atoms with Gasteiger partial charge in [-0.2, -0.15) is 0 Å². The second-order valence-electron chi connectivity index (χ2n) is 4.34. The Morgan fingerprint density at radius 2 is 2.33 bits per heavy atom. The Labute approximate surface area is 106 Å². The molecule has 1 amide bonds. The van der Waals surface area contributed by atoms with E-state index in [0.717, 1.165) is 25.8 Å². The van der Waals surface area contributed by atoms with E-state index < -0.39 is 5.82 Å². The molecular weight excluding hydrogens is 235 g/mol. The van der Waals surface area contributed by atoms with Crippen LogP contribution in [0.2, 0.25) is 0 Å². The van der Waals surface area contributed by atoms with E-state index in [1.165, 1.54) is 19.2 Å². The first kappa shape index (κ1) is 12.8. The molecule has 1 aromatic carbocycles. The number of methoxy groups -OCH3 is 1. The van der Waals surface area contributed by atoms with Crippen molar-refractivity contribution in [1.29, 1.82) is 0 Å². The molecule has 1 aliphatic heterocycles. The highest BCUT2D eigenvalue weighted by molar-refractivity contribution is 5.94. The molecule has 0 aromatic heterocycles. The van der Waals surface area contributed by atoms with Crippen LogP contribution in [-0.2, 0) is 4.79 Å². The zero-order valence-electron chi connectivity index (χ0n) is 10.3. The van der Waals surface area contributed by atoms with Gasteiger partial charge in [0.1, 0.15) is 0 Å². The van der Waals surface area contributed by atoms with E-state index >= 15 is 0 Å². The number of rotatable bonds is 3. The fourth-order valence-electron chi connectivity index (χ4n) is 2.05. The summed E-state index contributed by atoms with van der Waals surface area (Å²) in [6.45, 7) is 0.856. The first-order chi connectivity index (χ1) is 8.70. The summed E-state index contributed by atoms with van der Waals surface area (Å²) in [5.41, 5.74) is 0.450. The number of nitrogens with one attached hydrogen (secondary N) is 2. The highest BCUT2D eigenvalue weighted by Crippen LogP contribution is 2.21. The van der Waals surface area contributed by atoms with Crippen LogP contribution in [0.15, 0.2) is 18.2 Å². The number of amides is 1. The van der Waals surface area contributed by atoms with Gasteiger partial charge in [0.2, 0.25) is 5.91 Å². The Hall–Kier alpha value is -1.62. The van der Waals surface area contributed by atoms with Crippen LogP contribution in [0.4, 0.5) is 10.1 Å². The maximum atomic E-state index is 13.5. The first-order valence-corrected chi connectivity index (χ1v) is 6.08. The number of carbonyl (C=O) groups excluding carboxylic acids is 1. The van der Waals surface area contributed by atoms with E-state index in [2.05, 4.69) is 10.6 Å². The van der Waals surface area contributed by atoms with Crippen molar-refractivity contribution in [3.05, 3.63) is 24.0 Å². The zero-order chi connectivity index (χ0) is 13.0. The lowest BCUT2D eigenvalue weighted by Crippen LogP contribution is -2.43. The molecule has 0 spiro atoms. The smallest absolute Gasteiger partial charge is 0.241 e. The number of carbonyl (C=O) groups is 1. The van der Waals surface area contributed by atoms with Crippen LogP contribution in [0.1, 0.15) is 19.3 Å². The quantitative estimate of drug-likeness (QED) is 0.864. The number of piperidine rings is 1. The van der Waals surface area contributed by atoms with Crippen molar-refractivity contribution in [2.45, 2.75) is 25.3 Å². The van der Waals surface area contributed by atoms with E-state index in [1.54, 1.807) is 6.07 Å². The average Bonchev–Trinajstić information content (AvgIpc) is 2.40. The van der Waals surface area contributed by atoms with Gasteiger partial charge in [0.05, 0.1) is 13.2 Å². The molecule has 1 atom stereocenters. The maximum absolute atomic E-state index is 13.5. The molecule has 1 heterocycles. The van der Waals surface area contributed by atoms with E-state index in [4.69, 9.17) is 4.74 Å². The van der Waals surface area contributed by atoms with Gasteiger partial charge in [-0.3, -0.25) is 4.79 Å². The van der Waals surface area contributed by atoms with Crippen molar-refractivity contribution in [3.8, 4) is 5.75 Å². The van der Waals surface area contributed by atoms with E-state index in [9.17, 15) is 9.18 Å². The average molecular weight is 252 g/mol. The largest absolute Gasteiger partial charge is 0.494 e. The van der Waals surface area contributed by atoms with E-state index in [0.29, 0.717) is 5.69 Å². The predicted octanol–water partition coefficient (Wildman–Crippen LogP) is 1.91. The van der Waals surface area contributed by atoms with Crippen molar-refractivity contribution < 1.29 is 13.9 Å². The fraction of sp³-hybridized carbons (Fsp3) is 0.462. The monoisotopic (exact) mass is 252 g/mol. The second-order valence-corrected chi connectivity index (χ2v) is 4.34. The predicted molar refractivity (Wildman–Crippen MR) is 67.2 cm³/mol. The highest BCUT2D eigenvalue weighted by Gasteiger charge is 2.20. The normalized spacial score (nSPS) is 19.3. The van der Waals surface area contributed by atoms with Gasteiger partial charge in [-0.05, 0) is 31.5 Å². The van der Waals surface area contributed by atoms with Gasteiger partial charge in [-0.25, -0.2) is 4.39 Å². The van der Waals surface area contributed by atoms with Crippen molar-refractivity contribution >= 4 is 11.6 Å². The third-order valence-electron chi connectivity index (χ3n) is 3.05. The van der Waals surface area contributed by atoms with Crippen molar-refractivity contribution in [1.82, 2.24) is 5.32 Å². The molecule has 2 rings (SSSR count). The van der Waals surface area contributed by atoms with Crippen LogP contribution in [0.3, 0.4) is 0 Å². The fourth-order valence-corrected chi connectivity index (χ4v) is 2.05. The summed E-state index contributed by atoms with van der Waals surface area (Å²) in [5.74, 6) is -0.421. The van der Waals surface area contributed by atoms with Crippen molar-refractivity contribution in [2.24, 2.45) is 0 Å². The molecule has 4 nitrogen and oxygen atoms in total. The van der Waals surface area contributed by atoms with Gasteiger partial charge in [0, 0.05) is 11.8 Å². The van der Waals surface area contributed by atoms with Gasteiger partial charge in [0.15, 0.2) is 11.6 Å². The molecule has 2 N–H and O–H groups in total. The summed E-state index contributed by atoms with van der Waals surface area (Å²) < 4.78 is 18.3. The molecular formula is C13H17FN2O2. The molecule has 0 saturated carbocycles. The molecule has 1 fully saturated rings. The minimum atomic E-state index is -0.480. The molecule has 1 aliphatic rings. The molecule has 5 heteroatoms. The summed E-state index contributed by atoms with van der Waals surface area (Å²) in [6, 6.07) is 4.21. The summed E-state index contributed by atoms with van der Waals surface area (Å²) in [6.07, 6.45) is 2.97. The van der Waals surface area contributed by atoms with Crippen molar-refractivity contribution in [2.75, 3.05) is 19.0 Å². The Morgan fingerprint density at radius 3 is 2.94 bits per heavy atom. The summed E-state index contributed by atoms with van der Waals surface area (Å²) in [7, 11) is 1.41.